The normalized spacial score (nSPS) is 30.0. The molecular weight excluding hydrogens is 336 g/mol. The molecule has 1 saturated heterocycles. The molecule has 0 bridgehead atoms. The molecule has 0 aromatic heterocycles. The molecule has 0 amide bonds. The highest BCUT2D eigenvalue weighted by Crippen LogP contribution is 2.25. The second-order valence-electron chi connectivity index (χ2n) is 4.80. The van der Waals surface area contributed by atoms with Crippen LogP contribution in [0.2, 0.25) is 0 Å². The molecule has 1 heterocycles. The van der Waals surface area contributed by atoms with Crippen LogP contribution in [0.4, 0.5) is 0 Å². The van der Waals surface area contributed by atoms with Crippen LogP contribution >= 0.6 is 0 Å². The molecule has 0 aliphatic carbocycles. The summed E-state index contributed by atoms with van der Waals surface area (Å²) in [5.41, 5.74) is 0. The van der Waals surface area contributed by atoms with Crippen LogP contribution in [0.15, 0.2) is 0 Å². The van der Waals surface area contributed by atoms with E-state index in [4.69, 9.17) is 34.3 Å². The van der Waals surface area contributed by atoms with E-state index in [1.165, 1.54) is 0 Å². The van der Waals surface area contributed by atoms with Gasteiger partial charge < -0.3 is 44.5 Å². The van der Waals surface area contributed by atoms with Gasteiger partial charge in [-0.05, 0) is 0 Å². The fraction of sp³-hybridized carbons (Fsp3) is 0.750. The first-order chi connectivity index (χ1) is 11.2. The molecule has 0 aromatic rings. The first-order valence-corrected chi connectivity index (χ1v) is 6.70. The Kier molecular flexibility index (Phi) is 7.97. The Bertz CT molecular complexity index is 451. The second kappa shape index (κ2) is 9.46. The fourth-order valence-electron chi connectivity index (χ4n) is 2.01. The molecule has 5 atom stereocenters. The first-order valence-electron chi connectivity index (χ1n) is 6.70. The minimum atomic E-state index is -1.75. The van der Waals surface area contributed by atoms with Gasteiger partial charge >= 0.3 is 17.9 Å². The van der Waals surface area contributed by atoms with Crippen molar-refractivity contribution < 1.29 is 58.9 Å². The third kappa shape index (κ3) is 6.35. The average molecular weight is 354 g/mol. The van der Waals surface area contributed by atoms with E-state index in [9.17, 15) is 24.6 Å². The molecule has 1 rings (SSSR count). The maximum Gasteiger partial charge on any atom is 0.329 e. The molecule has 24 heavy (non-hydrogen) atoms. The van der Waals surface area contributed by atoms with Gasteiger partial charge in [-0.3, -0.25) is 0 Å². The number of hydrogen-bond donors (Lipinski definition) is 5. The van der Waals surface area contributed by atoms with Crippen LogP contribution in [0.25, 0.3) is 0 Å². The summed E-state index contributed by atoms with van der Waals surface area (Å²) in [6.07, 6.45) is -7.43. The SMILES string of the molecule is O=C(O)COC[C@H]1OC(O)[C@H](OCC(=O)O)[C@@H](OCC(=O)O)[C@@H]1O. The lowest BCUT2D eigenvalue weighted by Gasteiger charge is -2.41. The van der Waals surface area contributed by atoms with Crippen molar-refractivity contribution >= 4 is 17.9 Å². The van der Waals surface area contributed by atoms with E-state index in [2.05, 4.69) is 0 Å². The third-order valence-electron chi connectivity index (χ3n) is 2.94. The molecule has 1 aliphatic heterocycles. The van der Waals surface area contributed by atoms with Crippen molar-refractivity contribution in [2.24, 2.45) is 0 Å². The Balaban J connectivity index is 2.76. The van der Waals surface area contributed by atoms with E-state index < -0.39 is 75.0 Å². The van der Waals surface area contributed by atoms with E-state index >= 15 is 0 Å². The number of hydrogen-bond acceptors (Lipinski definition) is 9. The summed E-state index contributed by atoms with van der Waals surface area (Å²) in [6.45, 7) is -2.79. The number of carbonyl (C=O) groups is 3. The second-order valence-corrected chi connectivity index (χ2v) is 4.80. The van der Waals surface area contributed by atoms with E-state index in [1.54, 1.807) is 0 Å². The van der Waals surface area contributed by atoms with Crippen LogP contribution in [0, 0.1) is 0 Å². The molecule has 0 radical (unpaired) electrons. The van der Waals surface area contributed by atoms with Gasteiger partial charge in [0.25, 0.3) is 0 Å². The maximum absolute atomic E-state index is 10.6. The van der Waals surface area contributed by atoms with Crippen molar-refractivity contribution in [3.8, 4) is 0 Å². The zero-order valence-corrected chi connectivity index (χ0v) is 12.3. The van der Waals surface area contributed by atoms with Gasteiger partial charge in [0, 0.05) is 0 Å². The van der Waals surface area contributed by atoms with E-state index in [-0.39, 0.29) is 0 Å². The highest BCUT2D eigenvalue weighted by atomic mass is 16.7. The predicted molar refractivity (Wildman–Crippen MR) is 70.1 cm³/mol. The molecule has 0 spiro atoms. The van der Waals surface area contributed by atoms with Gasteiger partial charge in [0.05, 0.1) is 6.61 Å². The number of aliphatic hydroxyl groups is 2. The summed E-state index contributed by atoms with van der Waals surface area (Å²) >= 11 is 0. The monoisotopic (exact) mass is 354 g/mol. The van der Waals surface area contributed by atoms with Crippen molar-refractivity contribution in [1.29, 1.82) is 0 Å². The fourth-order valence-corrected chi connectivity index (χ4v) is 2.01. The van der Waals surface area contributed by atoms with Crippen LogP contribution in [0.1, 0.15) is 0 Å². The Hall–Kier alpha value is -1.83. The highest BCUT2D eigenvalue weighted by Gasteiger charge is 2.46. The molecule has 1 unspecified atom stereocenters. The number of carboxylic acid groups (broad SMARTS) is 3. The van der Waals surface area contributed by atoms with Crippen LogP contribution in [-0.2, 0) is 33.3 Å². The number of rotatable bonds is 10. The van der Waals surface area contributed by atoms with Gasteiger partial charge in [0.15, 0.2) is 6.29 Å². The number of ether oxygens (including phenoxy) is 4. The molecule has 12 nitrogen and oxygen atoms in total. The lowest BCUT2D eigenvalue weighted by atomic mass is 9.99. The van der Waals surface area contributed by atoms with Crippen molar-refractivity contribution in [3.63, 3.8) is 0 Å². The number of carboxylic acids is 3. The minimum absolute atomic E-state index is 0.427. The zero-order valence-electron chi connectivity index (χ0n) is 12.3. The lowest BCUT2D eigenvalue weighted by molar-refractivity contribution is -0.304. The van der Waals surface area contributed by atoms with E-state index in [1.807, 2.05) is 0 Å². The minimum Gasteiger partial charge on any atom is -0.480 e. The summed E-state index contributed by atoms with van der Waals surface area (Å²) < 4.78 is 19.6. The first kappa shape index (κ1) is 20.2. The topological polar surface area (TPSA) is 189 Å². The largest absolute Gasteiger partial charge is 0.480 e. The smallest absolute Gasteiger partial charge is 0.329 e. The summed E-state index contributed by atoms with van der Waals surface area (Å²) in [4.78, 5) is 31.5. The van der Waals surface area contributed by atoms with Gasteiger partial charge in [-0.2, -0.15) is 0 Å². The quantitative estimate of drug-likeness (QED) is 0.269. The van der Waals surface area contributed by atoms with Crippen LogP contribution in [-0.4, -0.2) is 101 Å². The van der Waals surface area contributed by atoms with Gasteiger partial charge in [-0.15, -0.1) is 0 Å². The Morgan fingerprint density at radius 1 is 0.833 bits per heavy atom. The van der Waals surface area contributed by atoms with Gasteiger partial charge in [0.2, 0.25) is 0 Å². The van der Waals surface area contributed by atoms with Crippen molar-refractivity contribution in [1.82, 2.24) is 0 Å². The molecule has 5 N–H and O–H groups in total. The summed E-state index contributed by atoms with van der Waals surface area (Å²) in [5, 5.41) is 45.7. The van der Waals surface area contributed by atoms with E-state index in [0.717, 1.165) is 0 Å². The van der Waals surface area contributed by atoms with Gasteiger partial charge in [-0.1, -0.05) is 0 Å². The Morgan fingerprint density at radius 3 is 1.83 bits per heavy atom. The number of aliphatic hydroxyl groups excluding tert-OH is 2. The van der Waals surface area contributed by atoms with E-state index in [0.29, 0.717) is 0 Å². The van der Waals surface area contributed by atoms with Gasteiger partial charge in [-0.25, -0.2) is 14.4 Å². The standard InChI is InChI=1S/C12H18O12/c13-6(14)2-21-1-5-9(19)10(22-3-7(15)16)11(12(20)24-5)23-4-8(17)18/h5,9-12,19-20H,1-4H2,(H,13,14)(H,15,16)(H,17,18)/t5-,9-,10+,11-,12?/m1/s1. The number of aliphatic carboxylic acids is 3. The molecule has 138 valence electrons. The summed E-state index contributed by atoms with van der Waals surface area (Å²) in [6, 6.07) is 0. The molecular formula is C12H18O12. The van der Waals surface area contributed by atoms with Crippen LogP contribution in [0.3, 0.4) is 0 Å². The molecule has 12 heteroatoms. The lowest BCUT2D eigenvalue weighted by Crippen LogP contribution is -2.61. The molecule has 0 saturated carbocycles. The maximum atomic E-state index is 10.6. The summed E-state index contributed by atoms with van der Waals surface area (Å²) in [7, 11) is 0. The molecule has 1 aliphatic rings. The third-order valence-corrected chi connectivity index (χ3v) is 2.94. The zero-order chi connectivity index (χ0) is 18.3. The van der Waals surface area contributed by atoms with Gasteiger partial charge in [0.1, 0.15) is 44.2 Å². The molecule has 0 aromatic carbocycles. The van der Waals surface area contributed by atoms with Crippen molar-refractivity contribution in [2.75, 3.05) is 26.4 Å². The average Bonchev–Trinajstić information content (AvgIpc) is 2.46. The van der Waals surface area contributed by atoms with Crippen LogP contribution in [0.5, 0.6) is 0 Å². The predicted octanol–water partition coefficient (Wildman–Crippen LogP) is -2.89. The Labute approximate surface area is 135 Å². The van der Waals surface area contributed by atoms with Crippen molar-refractivity contribution in [2.45, 2.75) is 30.7 Å². The van der Waals surface area contributed by atoms with Crippen molar-refractivity contribution in [3.05, 3.63) is 0 Å². The van der Waals surface area contributed by atoms with Crippen LogP contribution < -0.4 is 0 Å². The Morgan fingerprint density at radius 2 is 1.33 bits per heavy atom. The molecule has 1 fully saturated rings. The highest BCUT2D eigenvalue weighted by molar-refractivity contribution is 5.68. The summed E-state index contributed by atoms with van der Waals surface area (Å²) in [5.74, 6) is -3.98.